The first-order valence-electron chi connectivity index (χ1n) is 21.4. The maximum atomic E-state index is 14.2. The molecule has 0 aromatic rings. The van der Waals surface area contributed by atoms with Crippen LogP contribution in [0.15, 0.2) is 23.3 Å². The molecule has 14 nitrogen and oxygen atoms in total. The van der Waals surface area contributed by atoms with Crippen LogP contribution in [0.3, 0.4) is 0 Å². The zero-order chi connectivity index (χ0) is 43.1. The second kappa shape index (κ2) is 21.1. The quantitative estimate of drug-likeness (QED) is 0.159. The van der Waals surface area contributed by atoms with Gasteiger partial charge < -0.3 is 44.3 Å². The molecular weight excluding hydrogens is 750 g/mol. The van der Waals surface area contributed by atoms with Crippen molar-refractivity contribution in [1.29, 1.82) is 0 Å². The first-order valence-corrected chi connectivity index (χ1v) is 21.4. The van der Waals surface area contributed by atoms with Crippen molar-refractivity contribution in [2.45, 2.75) is 179 Å². The Morgan fingerprint density at radius 2 is 1.57 bits per heavy atom. The van der Waals surface area contributed by atoms with Gasteiger partial charge in [0.15, 0.2) is 6.23 Å². The molecule has 4 aliphatic rings. The number of ketones is 2. The third kappa shape index (κ3) is 12.3. The molecule has 58 heavy (non-hydrogen) atoms. The molecule has 332 valence electrons. The molecule has 0 aromatic heterocycles. The van der Waals surface area contributed by atoms with Crippen molar-refractivity contribution >= 4 is 17.5 Å². The van der Waals surface area contributed by atoms with Crippen LogP contribution in [-0.4, -0.2) is 131 Å². The number of methoxy groups -OCH3 is 3. The number of fused-ring (bicyclic) bond motifs is 3. The van der Waals surface area contributed by atoms with Gasteiger partial charge in [-0.05, 0) is 109 Å². The number of ether oxygens (including phenoxy) is 4. The number of allylic oxidation sites excluding steroid dienone is 3. The number of hydrogen-bond donors (Lipinski definition) is 4. The van der Waals surface area contributed by atoms with Gasteiger partial charge in [0.05, 0.1) is 36.1 Å². The van der Waals surface area contributed by atoms with Gasteiger partial charge in [-0.2, -0.15) is 0 Å². The lowest BCUT2D eigenvalue weighted by Crippen LogP contribution is -2.64. The molecule has 4 rings (SSSR count). The number of aliphatic hydroxyl groups is 4. The van der Waals surface area contributed by atoms with E-state index in [4.69, 9.17) is 28.7 Å². The Kier molecular flexibility index (Phi) is 17.7. The number of carbonyl (C=O) groups excluding carboxylic acids is 3. The van der Waals surface area contributed by atoms with Crippen molar-refractivity contribution in [1.82, 2.24) is 4.90 Å². The van der Waals surface area contributed by atoms with Crippen LogP contribution in [0.5, 0.6) is 0 Å². The fourth-order valence-corrected chi connectivity index (χ4v) is 9.45. The van der Waals surface area contributed by atoms with Crippen molar-refractivity contribution in [3.63, 3.8) is 0 Å². The molecule has 14 heteroatoms. The van der Waals surface area contributed by atoms with E-state index in [0.29, 0.717) is 51.4 Å². The number of rotatable bonds is 7. The van der Waals surface area contributed by atoms with E-state index in [9.17, 15) is 34.8 Å². The van der Waals surface area contributed by atoms with E-state index in [1.807, 2.05) is 32.9 Å². The fraction of sp³-hybridized carbons (Fsp3) is 0.841. The smallest absolute Gasteiger partial charge is 0.297 e. The molecule has 2 saturated heterocycles. The SMILES string of the molecule is COC1CC(/C=C(\C)C2OOC3CCCCN3C(=O)C(=O)C3(O)OC(C(OC)CC(C)C/C(C)=C/C(CC(C)(C)O)C(=O)CC(O)C2C)C(OC)CC3C)CCC1O. The molecular formula is C44H73NO13. The maximum absolute atomic E-state index is 14.2. The van der Waals surface area contributed by atoms with Crippen LogP contribution in [0.2, 0.25) is 0 Å². The van der Waals surface area contributed by atoms with E-state index in [-0.39, 0.29) is 49.5 Å². The molecule has 1 saturated carbocycles. The summed E-state index contributed by atoms with van der Waals surface area (Å²) in [6, 6.07) is 0. The van der Waals surface area contributed by atoms with Crippen molar-refractivity contribution in [2.24, 2.45) is 29.6 Å². The van der Waals surface area contributed by atoms with Crippen LogP contribution in [0.1, 0.15) is 119 Å². The summed E-state index contributed by atoms with van der Waals surface area (Å²) in [5.74, 6) is -6.91. The Balaban J connectivity index is 1.76. The predicted molar refractivity (Wildman–Crippen MR) is 215 cm³/mol. The standard InChI is InChI=1S/C44H73NO13/c1-25-17-26(2)19-36(54-9)40-37(55-10)21-28(4)44(52,56-40)41(49)42(50)45-16-12-11-13-38(45)57-58-39(27(3)20-30-14-15-32(46)35(22-30)53-8)29(5)33(47)23-34(48)31(18-25)24-43(6,7)51/h18,20,26,28-33,35-40,46-47,51-52H,11-17,19,21-24H2,1-10H3/b25-18+,27-20+. The van der Waals surface area contributed by atoms with Crippen LogP contribution in [0.25, 0.3) is 0 Å². The summed E-state index contributed by atoms with van der Waals surface area (Å²) in [6.07, 6.45) is 2.53. The highest BCUT2D eigenvalue weighted by atomic mass is 17.2. The van der Waals surface area contributed by atoms with Gasteiger partial charge in [0, 0.05) is 52.0 Å². The largest absolute Gasteiger partial charge is 0.392 e. The van der Waals surface area contributed by atoms with Gasteiger partial charge in [0.1, 0.15) is 18.0 Å². The summed E-state index contributed by atoms with van der Waals surface area (Å²) in [7, 11) is 4.64. The van der Waals surface area contributed by atoms with E-state index < -0.39 is 83.7 Å². The minimum Gasteiger partial charge on any atom is -0.392 e. The molecule has 0 spiro atoms. The lowest BCUT2D eigenvalue weighted by molar-refractivity contribution is -0.377. The molecule has 0 aromatic carbocycles. The summed E-state index contributed by atoms with van der Waals surface area (Å²) < 4.78 is 23.6. The Morgan fingerprint density at radius 3 is 2.21 bits per heavy atom. The molecule has 2 bridgehead atoms. The molecule has 3 aliphatic heterocycles. The minimum absolute atomic E-state index is 0.0183. The second-order valence-corrected chi connectivity index (χ2v) is 18.5. The van der Waals surface area contributed by atoms with Gasteiger partial charge in [-0.25, -0.2) is 9.78 Å². The van der Waals surface area contributed by atoms with Crippen LogP contribution >= 0.6 is 0 Å². The van der Waals surface area contributed by atoms with Gasteiger partial charge in [0.2, 0.25) is 5.79 Å². The van der Waals surface area contributed by atoms with E-state index in [2.05, 4.69) is 0 Å². The highest BCUT2D eigenvalue weighted by Crippen LogP contribution is 2.39. The summed E-state index contributed by atoms with van der Waals surface area (Å²) in [5, 5.41) is 45.1. The molecule has 0 radical (unpaired) electrons. The van der Waals surface area contributed by atoms with E-state index in [1.165, 1.54) is 19.1 Å². The zero-order valence-corrected chi connectivity index (χ0v) is 36.6. The molecule has 1 amide bonds. The van der Waals surface area contributed by atoms with E-state index >= 15 is 0 Å². The zero-order valence-electron chi connectivity index (χ0n) is 36.6. The number of Topliss-reactive ketones (excluding diaryl/α,β-unsaturated/α-hetero) is 2. The topological polar surface area (TPSA) is 191 Å². The van der Waals surface area contributed by atoms with Crippen molar-refractivity contribution < 1.29 is 63.5 Å². The summed E-state index contributed by atoms with van der Waals surface area (Å²) in [4.78, 5) is 56.0. The lowest BCUT2D eigenvalue weighted by Gasteiger charge is -2.47. The molecule has 3 fully saturated rings. The van der Waals surface area contributed by atoms with Crippen LogP contribution in [-0.2, 0) is 43.1 Å². The number of piperidine rings is 1. The summed E-state index contributed by atoms with van der Waals surface area (Å²) in [5.41, 5.74) is 0.469. The normalized spacial score (nSPS) is 41.0. The number of nitrogens with zero attached hydrogens (tertiary/aromatic N) is 1. The van der Waals surface area contributed by atoms with Gasteiger partial charge in [0.25, 0.3) is 11.7 Å². The summed E-state index contributed by atoms with van der Waals surface area (Å²) in [6.45, 7) is 12.7. The Bertz CT molecular complexity index is 1440. The molecule has 3 heterocycles. The molecule has 14 atom stereocenters. The second-order valence-electron chi connectivity index (χ2n) is 18.5. The van der Waals surface area contributed by atoms with Crippen molar-refractivity contribution in [3.05, 3.63) is 23.3 Å². The number of amides is 1. The highest BCUT2D eigenvalue weighted by Gasteiger charge is 2.56. The monoisotopic (exact) mass is 824 g/mol. The number of aliphatic hydroxyl groups excluding tert-OH is 2. The molecule has 1 aliphatic carbocycles. The molecule has 14 unspecified atom stereocenters. The van der Waals surface area contributed by atoms with Crippen LogP contribution in [0.4, 0.5) is 0 Å². The third-order valence-corrected chi connectivity index (χ3v) is 12.9. The lowest BCUT2D eigenvalue weighted by atomic mass is 9.81. The Morgan fingerprint density at radius 1 is 0.914 bits per heavy atom. The minimum atomic E-state index is -2.47. The van der Waals surface area contributed by atoms with Crippen LogP contribution in [0, 0.1) is 29.6 Å². The average Bonchev–Trinajstić information content (AvgIpc) is 3.16. The third-order valence-electron chi connectivity index (χ3n) is 12.9. The first kappa shape index (κ1) is 48.6. The van der Waals surface area contributed by atoms with Gasteiger partial charge >= 0.3 is 0 Å². The molecule has 4 N–H and O–H groups in total. The first-order chi connectivity index (χ1) is 27.2. The maximum Gasteiger partial charge on any atom is 0.297 e. The van der Waals surface area contributed by atoms with Gasteiger partial charge in [-0.3, -0.25) is 14.4 Å². The predicted octanol–water partition coefficient (Wildman–Crippen LogP) is 4.59. The van der Waals surface area contributed by atoms with Gasteiger partial charge in [-0.15, -0.1) is 0 Å². The fourth-order valence-electron chi connectivity index (χ4n) is 9.45. The summed E-state index contributed by atoms with van der Waals surface area (Å²) >= 11 is 0. The number of carbonyl (C=O) groups is 3. The van der Waals surface area contributed by atoms with Crippen molar-refractivity contribution in [2.75, 3.05) is 27.9 Å². The van der Waals surface area contributed by atoms with E-state index in [0.717, 1.165) is 11.1 Å². The van der Waals surface area contributed by atoms with E-state index in [1.54, 1.807) is 34.8 Å². The number of hydrogen-bond acceptors (Lipinski definition) is 13. The average molecular weight is 824 g/mol. The Labute approximate surface area is 345 Å². The van der Waals surface area contributed by atoms with Gasteiger partial charge in [-0.1, -0.05) is 38.5 Å². The van der Waals surface area contributed by atoms with Crippen molar-refractivity contribution in [3.8, 4) is 0 Å². The highest BCUT2D eigenvalue weighted by molar-refractivity contribution is 6.38. The van der Waals surface area contributed by atoms with Crippen LogP contribution < -0.4 is 0 Å². The Hall–Kier alpha value is -2.11.